The number of rotatable bonds is 4. The number of nitrogens with one attached hydrogen (secondary N) is 3. The molecule has 8 heteroatoms. The van der Waals surface area contributed by atoms with Gasteiger partial charge in [0.05, 0.1) is 4.90 Å². The number of carbonyl (C=O) groups excluding carboxylic acids is 2. The summed E-state index contributed by atoms with van der Waals surface area (Å²) in [6.45, 7) is 6.06. The number of carbonyl (C=O) groups is 2. The van der Waals surface area contributed by atoms with Crippen LogP contribution in [0, 0.1) is 0 Å². The summed E-state index contributed by atoms with van der Waals surface area (Å²) < 4.78 is 24.2. The van der Waals surface area contributed by atoms with Gasteiger partial charge in [-0.2, -0.15) is 0 Å². The van der Waals surface area contributed by atoms with E-state index in [0.29, 0.717) is 0 Å². The first kappa shape index (κ1) is 17.4. The highest BCUT2D eigenvalue weighted by Crippen LogP contribution is 2.23. The molecule has 2 amide bonds. The molecule has 0 aliphatic heterocycles. The first-order valence-corrected chi connectivity index (χ1v) is 8.81. The lowest BCUT2D eigenvalue weighted by Crippen LogP contribution is -2.48. The van der Waals surface area contributed by atoms with E-state index in [2.05, 4.69) is 5.32 Å². The fraction of sp³-hybridized carbons (Fsp3) is 0.467. The van der Waals surface area contributed by atoms with Crippen LogP contribution in [0.2, 0.25) is 0 Å². The van der Waals surface area contributed by atoms with Gasteiger partial charge >= 0.3 is 11.8 Å². The highest BCUT2D eigenvalue weighted by Gasteiger charge is 2.27. The summed E-state index contributed by atoms with van der Waals surface area (Å²) in [6.07, 6.45) is 1.68. The Hall–Kier alpha value is -1.93. The standard InChI is InChI=1S/C15H21N3O4S/c1-15(2,3)10-4-8-12(9-5-10)23(21,22)18-17-14(20)13(19)16-11-6-7-11/h4-5,8-9,11,18H,6-7H2,1-3H3,(H,16,19)(H,17,20). The molecule has 7 nitrogen and oxygen atoms in total. The summed E-state index contributed by atoms with van der Waals surface area (Å²) in [7, 11) is -3.93. The molecule has 1 saturated carbocycles. The van der Waals surface area contributed by atoms with E-state index in [0.717, 1.165) is 18.4 Å². The van der Waals surface area contributed by atoms with E-state index in [1.807, 2.05) is 31.0 Å². The first-order chi connectivity index (χ1) is 10.6. The zero-order valence-corrected chi connectivity index (χ0v) is 14.2. The van der Waals surface area contributed by atoms with Crippen molar-refractivity contribution in [2.75, 3.05) is 0 Å². The van der Waals surface area contributed by atoms with Crippen molar-refractivity contribution in [2.24, 2.45) is 0 Å². The van der Waals surface area contributed by atoms with Crippen LogP contribution in [0.5, 0.6) is 0 Å². The monoisotopic (exact) mass is 339 g/mol. The van der Waals surface area contributed by atoms with Gasteiger partial charge in [0.15, 0.2) is 0 Å². The first-order valence-electron chi connectivity index (χ1n) is 7.33. The zero-order chi connectivity index (χ0) is 17.3. The van der Waals surface area contributed by atoms with Crippen LogP contribution >= 0.6 is 0 Å². The molecule has 0 aromatic heterocycles. The smallest absolute Gasteiger partial charge is 0.324 e. The van der Waals surface area contributed by atoms with Crippen molar-refractivity contribution >= 4 is 21.8 Å². The highest BCUT2D eigenvalue weighted by atomic mass is 32.2. The fourth-order valence-corrected chi connectivity index (χ4v) is 2.68. The molecule has 23 heavy (non-hydrogen) atoms. The number of amides is 2. The Balaban J connectivity index is 1.98. The third-order valence-corrected chi connectivity index (χ3v) is 4.71. The predicted molar refractivity (Wildman–Crippen MR) is 84.8 cm³/mol. The van der Waals surface area contributed by atoms with E-state index in [1.54, 1.807) is 12.1 Å². The van der Waals surface area contributed by atoms with Gasteiger partial charge in [0.25, 0.3) is 10.0 Å². The van der Waals surface area contributed by atoms with Crippen LogP contribution in [0.25, 0.3) is 0 Å². The maximum absolute atomic E-state index is 12.1. The Labute approximate surface area is 135 Å². The van der Waals surface area contributed by atoms with Gasteiger partial charge in [0.2, 0.25) is 0 Å². The third-order valence-electron chi connectivity index (χ3n) is 3.45. The van der Waals surface area contributed by atoms with Crippen LogP contribution in [0.4, 0.5) is 0 Å². The predicted octanol–water partition coefficient (Wildman–Crippen LogP) is 0.572. The van der Waals surface area contributed by atoms with Crippen LogP contribution in [0.15, 0.2) is 29.2 Å². The molecular weight excluding hydrogens is 318 g/mol. The second kappa shape index (κ2) is 6.29. The van der Waals surface area contributed by atoms with Crippen molar-refractivity contribution in [3.63, 3.8) is 0 Å². The molecule has 1 aromatic rings. The van der Waals surface area contributed by atoms with Crippen molar-refractivity contribution in [1.82, 2.24) is 15.6 Å². The molecule has 1 aliphatic rings. The number of benzene rings is 1. The molecule has 126 valence electrons. The van der Waals surface area contributed by atoms with Crippen molar-refractivity contribution in [2.45, 2.75) is 50.0 Å². The maximum Gasteiger partial charge on any atom is 0.324 e. The summed E-state index contributed by atoms with van der Waals surface area (Å²) in [6, 6.07) is 6.38. The lowest BCUT2D eigenvalue weighted by atomic mass is 9.87. The van der Waals surface area contributed by atoms with Crippen LogP contribution in [-0.2, 0) is 25.0 Å². The number of hydrogen-bond donors (Lipinski definition) is 3. The van der Waals surface area contributed by atoms with E-state index >= 15 is 0 Å². The summed E-state index contributed by atoms with van der Waals surface area (Å²) in [5, 5.41) is 2.47. The second-order valence-corrected chi connectivity index (χ2v) is 8.26. The quantitative estimate of drug-likeness (QED) is 0.551. The largest absolute Gasteiger partial charge is 0.345 e. The van der Waals surface area contributed by atoms with Gasteiger partial charge in [-0.25, -0.2) is 8.42 Å². The highest BCUT2D eigenvalue weighted by molar-refractivity contribution is 7.89. The van der Waals surface area contributed by atoms with Crippen molar-refractivity contribution in [1.29, 1.82) is 0 Å². The normalized spacial score (nSPS) is 15.1. The molecule has 2 rings (SSSR count). The summed E-state index contributed by atoms with van der Waals surface area (Å²) >= 11 is 0. The van der Waals surface area contributed by atoms with E-state index < -0.39 is 21.8 Å². The van der Waals surface area contributed by atoms with Gasteiger partial charge in [-0.1, -0.05) is 32.9 Å². The Morgan fingerprint density at radius 1 is 1.04 bits per heavy atom. The van der Waals surface area contributed by atoms with Crippen LogP contribution in [0.1, 0.15) is 39.2 Å². The summed E-state index contributed by atoms with van der Waals surface area (Å²) in [4.78, 5) is 24.9. The molecule has 1 aromatic carbocycles. The Morgan fingerprint density at radius 2 is 1.61 bits per heavy atom. The average Bonchev–Trinajstić information content (AvgIpc) is 3.28. The zero-order valence-electron chi connectivity index (χ0n) is 13.3. The molecule has 0 heterocycles. The fourth-order valence-electron chi connectivity index (χ4n) is 1.84. The molecule has 1 aliphatic carbocycles. The molecule has 0 bridgehead atoms. The van der Waals surface area contributed by atoms with E-state index in [1.165, 1.54) is 12.1 Å². The lowest BCUT2D eigenvalue weighted by Gasteiger charge is -2.19. The molecule has 1 fully saturated rings. The number of hydrogen-bond acceptors (Lipinski definition) is 4. The minimum Gasteiger partial charge on any atom is -0.345 e. The van der Waals surface area contributed by atoms with Crippen molar-refractivity contribution in [3.8, 4) is 0 Å². The minimum absolute atomic E-state index is 0.00778. The number of sulfonamides is 1. The Bertz CT molecular complexity index is 701. The maximum atomic E-state index is 12.1. The van der Waals surface area contributed by atoms with Gasteiger partial charge in [-0.05, 0) is 36.0 Å². The lowest BCUT2D eigenvalue weighted by molar-refractivity contribution is -0.139. The third kappa shape index (κ3) is 4.77. The summed E-state index contributed by atoms with van der Waals surface area (Å²) in [5.41, 5.74) is 2.81. The van der Waals surface area contributed by atoms with Gasteiger partial charge in [-0.3, -0.25) is 15.0 Å². The van der Waals surface area contributed by atoms with Gasteiger partial charge < -0.3 is 5.32 Å². The number of hydrazine groups is 1. The molecule has 0 spiro atoms. The molecule has 3 N–H and O–H groups in total. The molecule has 0 atom stereocenters. The molecule has 0 saturated heterocycles. The molecule has 0 radical (unpaired) electrons. The molecule has 0 unspecified atom stereocenters. The van der Waals surface area contributed by atoms with Gasteiger partial charge in [0.1, 0.15) is 0 Å². The SMILES string of the molecule is CC(C)(C)c1ccc(S(=O)(=O)NNC(=O)C(=O)NC2CC2)cc1. The van der Waals surface area contributed by atoms with Crippen LogP contribution < -0.4 is 15.6 Å². The Morgan fingerprint density at radius 3 is 2.09 bits per heavy atom. The minimum atomic E-state index is -3.93. The van der Waals surface area contributed by atoms with Crippen LogP contribution in [0.3, 0.4) is 0 Å². The molecular formula is C15H21N3O4S. The van der Waals surface area contributed by atoms with Crippen molar-refractivity contribution < 1.29 is 18.0 Å². The van der Waals surface area contributed by atoms with Crippen LogP contribution in [-0.4, -0.2) is 26.3 Å². The van der Waals surface area contributed by atoms with E-state index in [4.69, 9.17) is 0 Å². The van der Waals surface area contributed by atoms with Crippen molar-refractivity contribution in [3.05, 3.63) is 29.8 Å². The van der Waals surface area contributed by atoms with E-state index in [-0.39, 0.29) is 16.4 Å². The topological polar surface area (TPSA) is 104 Å². The summed E-state index contributed by atoms with van der Waals surface area (Å²) in [5.74, 6) is -1.88. The Kier molecular flexibility index (Phi) is 4.76. The average molecular weight is 339 g/mol. The van der Waals surface area contributed by atoms with E-state index in [9.17, 15) is 18.0 Å². The second-order valence-electron chi connectivity index (χ2n) is 6.58. The van der Waals surface area contributed by atoms with Gasteiger partial charge in [0, 0.05) is 6.04 Å². The van der Waals surface area contributed by atoms with Gasteiger partial charge in [-0.15, -0.1) is 4.83 Å².